The Morgan fingerprint density at radius 2 is 1.67 bits per heavy atom. The summed E-state index contributed by atoms with van der Waals surface area (Å²) in [6, 6.07) is 11.6. The molecule has 3 aromatic rings. The first-order valence-electron chi connectivity index (χ1n) is 6.37. The number of aromatic nitrogens is 2. The highest BCUT2D eigenvalue weighted by Crippen LogP contribution is 2.15. The fraction of sp³-hybridized carbons (Fsp3) is 0.0667. The van der Waals surface area contributed by atoms with E-state index in [-0.39, 0.29) is 5.82 Å². The fourth-order valence-corrected chi connectivity index (χ4v) is 2.06. The fourth-order valence-electron chi connectivity index (χ4n) is 2.06. The maximum atomic E-state index is 13.5. The predicted molar refractivity (Wildman–Crippen MR) is 78.9 cm³/mol. The van der Waals surface area contributed by atoms with Gasteiger partial charge in [-0.05, 0) is 24.3 Å². The van der Waals surface area contributed by atoms with Crippen LogP contribution in [0.5, 0.6) is 0 Å². The first-order chi connectivity index (χ1) is 10.1. The monoisotopic (exact) mass is 285 g/mol. The highest BCUT2D eigenvalue weighted by molar-refractivity contribution is 5.78. The molecule has 2 aromatic carbocycles. The standard InChI is InChI=1S/C15H12FN3O2/c16-11-4-2-1-3-9(11)8-17-10-5-6-12-13(7-10)19-15(21)14(20)18-12/h1-7,17H,8H2,(H,18,20)(H,19,21). The Hall–Kier alpha value is -2.89. The van der Waals surface area contributed by atoms with Gasteiger partial charge in [-0.15, -0.1) is 0 Å². The number of hydrogen-bond acceptors (Lipinski definition) is 3. The van der Waals surface area contributed by atoms with Crippen molar-refractivity contribution in [3.05, 3.63) is 74.6 Å². The minimum Gasteiger partial charge on any atom is -0.381 e. The van der Waals surface area contributed by atoms with Gasteiger partial charge < -0.3 is 15.3 Å². The van der Waals surface area contributed by atoms with Gasteiger partial charge in [-0.25, -0.2) is 4.39 Å². The molecule has 0 saturated carbocycles. The Balaban J connectivity index is 1.88. The van der Waals surface area contributed by atoms with Crippen LogP contribution in [-0.2, 0) is 6.54 Å². The Bertz CT molecular complexity index is 914. The number of H-pyrrole nitrogens is 2. The molecular formula is C15H12FN3O2. The molecule has 0 saturated heterocycles. The topological polar surface area (TPSA) is 77.8 Å². The van der Waals surface area contributed by atoms with Crippen molar-refractivity contribution in [2.45, 2.75) is 6.54 Å². The molecule has 5 nitrogen and oxygen atoms in total. The Labute approximate surface area is 118 Å². The summed E-state index contributed by atoms with van der Waals surface area (Å²) in [5.41, 5.74) is 0.929. The summed E-state index contributed by atoms with van der Waals surface area (Å²) in [6.07, 6.45) is 0. The lowest BCUT2D eigenvalue weighted by molar-refractivity contribution is 0.613. The highest BCUT2D eigenvalue weighted by Gasteiger charge is 2.03. The summed E-state index contributed by atoms with van der Waals surface area (Å²) in [6.45, 7) is 0.325. The summed E-state index contributed by atoms with van der Waals surface area (Å²) < 4.78 is 13.5. The van der Waals surface area contributed by atoms with Gasteiger partial charge in [0.25, 0.3) is 0 Å². The maximum Gasteiger partial charge on any atom is 0.314 e. The van der Waals surface area contributed by atoms with Gasteiger partial charge in [-0.3, -0.25) is 9.59 Å². The second-order valence-corrected chi connectivity index (χ2v) is 4.61. The molecule has 0 amide bonds. The van der Waals surface area contributed by atoms with Gasteiger partial charge in [0.05, 0.1) is 11.0 Å². The molecular weight excluding hydrogens is 273 g/mol. The number of benzene rings is 2. The number of aromatic amines is 2. The van der Waals surface area contributed by atoms with Crippen LogP contribution in [0, 0.1) is 5.82 Å². The van der Waals surface area contributed by atoms with Crippen molar-refractivity contribution < 1.29 is 4.39 Å². The lowest BCUT2D eigenvalue weighted by Gasteiger charge is -2.08. The molecule has 21 heavy (non-hydrogen) atoms. The van der Waals surface area contributed by atoms with Crippen LogP contribution >= 0.6 is 0 Å². The zero-order chi connectivity index (χ0) is 14.8. The minimum atomic E-state index is -0.700. The number of nitrogens with one attached hydrogen (secondary N) is 3. The van der Waals surface area contributed by atoms with Gasteiger partial charge in [0.1, 0.15) is 5.82 Å². The molecule has 0 aliphatic heterocycles. The summed E-state index contributed by atoms with van der Waals surface area (Å²) in [7, 11) is 0. The van der Waals surface area contributed by atoms with E-state index in [2.05, 4.69) is 15.3 Å². The Morgan fingerprint density at radius 3 is 2.43 bits per heavy atom. The van der Waals surface area contributed by atoms with Gasteiger partial charge in [-0.2, -0.15) is 0 Å². The first-order valence-corrected chi connectivity index (χ1v) is 6.37. The second kappa shape index (κ2) is 5.24. The Morgan fingerprint density at radius 1 is 0.952 bits per heavy atom. The van der Waals surface area contributed by atoms with E-state index in [4.69, 9.17) is 0 Å². The van der Waals surface area contributed by atoms with Crippen LogP contribution in [0.1, 0.15) is 5.56 Å². The average molecular weight is 285 g/mol. The zero-order valence-corrected chi connectivity index (χ0v) is 10.9. The van der Waals surface area contributed by atoms with E-state index < -0.39 is 11.1 Å². The normalized spacial score (nSPS) is 10.7. The molecule has 6 heteroatoms. The van der Waals surface area contributed by atoms with E-state index in [0.717, 1.165) is 0 Å². The number of halogens is 1. The molecule has 1 aromatic heterocycles. The molecule has 0 spiro atoms. The molecule has 0 fully saturated rings. The third kappa shape index (κ3) is 2.69. The van der Waals surface area contributed by atoms with Gasteiger partial charge in [0.15, 0.2) is 0 Å². The number of hydrogen-bond donors (Lipinski definition) is 3. The van der Waals surface area contributed by atoms with Crippen molar-refractivity contribution >= 4 is 16.7 Å². The molecule has 0 aliphatic rings. The molecule has 3 rings (SSSR count). The van der Waals surface area contributed by atoms with E-state index in [1.165, 1.54) is 6.07 Å². The average Bonchev–Trinajstić information content (AvgIpc) is 2.48. The lowest BCUT2D eigenvalue weighted by Crippen LogP contribution is -2.28. The van der Waals surface area contributed by atoms with E-state index >= 15 is 0 Å². The van der Waals surface area contributed by atoms with Crippen molar-refractivity contribution in [2.24, 2.45) is 0 Å². The summed E-state index contributed by atoms with van der Waals surface area (Å²) in [5, 5.41) is 3.07. The smallest absolute Gasteiger partial charge is 0.314 e. The first kappa shape index (κ1) is 13.1. The highest BCUT2D eigenvalue weighted by atomic mass is 19.1. The molecule has 1 heterocycles. The van der Waals surface area contributed by atoms with Crippen LogP contribution in [0.25, 0.3) is 11.0 Å². The Kier molecular flexibility index (Phi) is 3.27. The van der Waals surface area contributed by atoms with E-state index in [9.17, 15) is 14.0 Å². The minimum absolute atomic E-state index is 0.275. The van der Waals surface area contributed by atoms with E-state index in [0.29, 0.717) is 28.8 Å². The van der Waals surface area contributed by atoms with Crippen LogP contribution in [0.15, 0.2) is 52.1 Å². The van der Waals surface area contributed by atoms with Crippen LogP contribution in [0.4, 0.5) is 10.1 Å². The van der Waals surface area contributed by atoms with Crippen LogP contribution in [0.2, 0.25) is 0 Å². The quantitative estimate of drug-likeness (QED) is 0.644. The lowest BCUT2D eigenvalue weighted by atomic mass is 10.2. The van der Waals surface area contributed by atoms with Gasteiger partial charge in [0, 0.05) is 17.8 Å². The summed E-state index contributed by atoms with van der Waals surface area (Å²) in [5.74, 6) is -0.275. The van der Waals surface area contributed by atoms with E-state index in [1.807, 2.05) is 0 Å². The molecule has 0 aliphatic carbocycles. The number of rotatable bonds is 3. The van der Waals surface area contributed by atoms with Crippen molar-refractivity contribution in [1.82, 2.24) is 9.97 Å². The van der Waals surface area contributed by atoms with Crippen molar-refractivity contribution in [1.29, 1.82) is 0 Å². The molecule has 0 radical (unpaired) electrons. The van der Waals surface area contributed by atoms with Gasteiger partial charge in [-0.1, -0.05) is 18.2 Å². The summed E-state index contributed by atoms with van der Waals surface area (Å²) >= 11 is 0. The predicted octanol–water partition coefficient (Wildman–Crippen LogP) is 1.97. The third-order valence-corrected chi connectivity index (χ3v) is 3.16. The SMILES string of the molecule is O=c1[nH]c2ccc(NCc3ccccc3F)cc2[nH]c1=O. The summed E-state index contributed by atoms with van der Waals surface area (Å²) in [4.78, 5) is 27.5. The van der Waals surface area contributed by atoms with E-state index in [1.54, 1.807) is 36.4 Å². The third-order valence-electron chi connectivity index (χ3n) is 3.16. The van der Waals surface area contributed by atoms with Crippen LogP contribution in [0.3, 0.4) is 0 Å². The number of fused-ring (bicyclic) bond motifs is 1. The molecule has 0 atom stereocenters. The number of anilines is 1. The maximum absolute atomic E-state index is 13.5. The van der Waals surface area contributed by atoms with Crippen LogP contribution in [-0.4, -0.2) is 9.97 Å². The van der Waals surface area contributed by atoms with Crippen LogP contribution < -0.4 is 16.4 Å². The molecule has 0 unspecified atom stereocenters. The van der Waals surface area contributed by atoms with Crippen molar-refractivity contribution in [3.8, 4) is 0 Å². The van der Waals surface area contributed by atoms with Gasteiger partial charge >= 0.3 is 11.1 Å². The second-order valence-electron chi connectivity index (χ2n) is 4.61. The van der Waals surface area contributed by atoms with Crippen molar-refractivity contribution in [2.75, 3.05) is 5.32 Å². The molecule has 106 valence electrons. The van der Waals surface area contributed by atoms with Gasteiger partial charge in [0.2, 0.25) is 0 Å². The largest absolute Gasteiger partial charge is 0.381 e. The van der Waals surface area contributed by atoms with Crippen molar-refractivity contribution in [3.63, 3.8) is 0 Å². The molecule has 3 N–H and O–H groups in total. The molecule has 0 bridgehead atoms. The zero-order valence-electron chi connectivity index (χ0n) is 10.9.